The van der Waals surface area contributed by atoms with Crippen LogP contribution >= 0.6 is 45.8 Å². The minimum absolute atomic E-state index is 0.000105. The van der Waals surface area contributed by atoms with Gasteiger partial charge in [-0.05, 0) is 103 Å². The molecule has 1 amide bonds. The predicted octanol–water partition coefficient (Wildman–Crippen LogP) is 6.86. The van der Waals surface area contributed by atoms with Crippen LogP contribution in [0.4, 0.5) is 5.69 Å². The predicted molar refractivity (Wildman–Crippen MR) is 131 cm³/mol. The molecule has 0 radical (unpaired) electrons. The summed E-state index contributed by atoms with van der Waals surface area (Å²) in [5.41, 5.74) is 5.47. The molecule has 0 aliphatic carbocycles. The van der Waals surface area contributed by atoms with E-state index in [9.17, 15) is 10.1 Å². The van der Waals surface area contributed by atoms with E-state index in [1.54, 1.807) is 24.3 Å². The summed E-state index contributed by atoms with van der Waals surface area (Å²) in [4.78, 5) is 12.6. The Morgan fingerprint density at radius 3 is 2.47 bits per heavy atom. The minimum Gasteiger partial charge on any atom is -0.321 e. The molecular weight excluding hydrogens is 532 g/mol. The molecule has 2 aromatic carbocycles. The second kappa shape index (κ2) is 9.25. The lowest BCUT2D eigenvalue weighted by atomic mass is 10.1. The van der Waals surface area contributed by atoms with Crippen molar-refractivity contribution in [2.24, 2.45) is 0 Å². The van der Waals surface area contributed by atoms with E-state index in [2.05, 4.69) is 57.6 Å². The molecule has 0 saturated heterocycles. The quantitative estimate of drug-likeness (QED) is 0.219. The van der Waals surface area contributed by atoms with Crippen molar-refractivity contribution >= 4 is 63.5 Å². The van der Waals surface area contributed by atoms with Crippen molar-refractivity contribution in [3.8, 4) is 11.8 Å². The largest absolute Gasteiger partial charge is 0.321 e. The zero-order chi connectivity index (χ0) is 22.0. The molecule has 1 aromatic heterocycles. The Hall–Kier alpha value is -2.27. The van der Waals surface area contributed by atoms with Crippen LogP contribution in [0.25, 0.3) is 11.8 Å². The number of nitriles is 1. The molecule has 4 nitrogen and oxygen atoms in total. The number of carbonyl (C=O) groups is 1. The number of halogens is 3. The highest BCUT2D eigenvalue weighted by Crippen LogP contribution is 2.27. The number of carbonyl (C=O) groups excluding carboxylic acids is 1. The lowest BCUT2D eigenvalue weighted by molar-refractivity contribution is -0.112. The first-order valence-electron chi connectivity index (χ1n) is 9.05. The molecule has 0 unspecified atom stereocenters. The van der Waals surface area contributed by atoms with Crippen molar-refractivity contribution in [2.45, 2.75) is 20.8 Å². The molecule has 0 spiro atoms. The van der Waals surface area contributed by atoms with Crippen molar-refractivity contribution in [3.05, 3.63) is 84.2 Å². The zero-order valence-corrected chi connectivity index (χ0v) is 20.2. The smallest absolute Gasteiger partial charge is 0.266 e. The number of benzene rings is 2. The number of hydrogen-bond acceptors (Lipinski definition) is 2. The van der Waals surface area contributed by atoms with Crippen molar-refractivity contribution < 1.29 is 4.79 Å². The number of amides is 1. The van der Waals surface area contributed by atoms with Crippen molar-refractivity contribution in [2.75, 3.05) is 5.32 Å². The fourth-order valence-electron chi connectivity index (χ4n) is 3.18. The Balaban J connectivity index is 1.94. The molecule has 0 fully saturated rings. The van der Waals surface area contributed by atoms with Gasteiger partial charge >= 0.3 is 0 Å². The van der Waals surface area contributed by atoms with Gasteiger partial charge in [0.1, 0.15) is 11.6 Å². The van der Waals surface area contributed by atoms with Crippen molar-refractivity contribution in [1.82, 2.24) is 4.57 Å². The van der Waals surface area contributed by atoms with E-state index in [4.69, 9.17) is 23.2 Å². The molecule has 30 heavy (non-hydrogen) atoms. The number of hydrogen-bond donors (Lipinski definition) is 1. The van der Waals surface area contributed by atoms with Crippen LogP contribution in [0.15, 0.2) is 48.0 Å². The Bertz CT molecular complexity index is 1220. The lowest BCUT2D eigenvalue weighted by Crippen LogP contribution is -2.13. The average molecular weight is 550 g/mol. The van der Waals surface area contributed by atoms with Gasteiger partial charge in [-0.2, -0.15) is 5.26 Å². The van der Waals surface area contributed by atoms with Crippen LogP contribution in [0.5, 0.6) is 0 Å². The van der Waals surface area contributed by atoms with Gasteiger partial charge in [-0.3, -0.25) is 4.79 Å². The topological polar surface area (TPSA) is 57.8 Å². The molecule has 1 N–H and O–H groups in total. The maximum atomic E-state index is 12.6. The molecule has 152 valence electrons. The fraction of sp³-hybridized carbons (Fsp3) is 0.130. The van der Waals surface area contributed by atoms with E-state index in [0.29, 0.717) is 15.7 Å². The third-order valence-electron chi connectivity index (χ3n) is 4.71. The first-order valence-corrected chi connectivity index (χ1v) is 10.9. The summed E-state index contributed by atoms with van der Waals surface area (Å²) in [7, 11) is 0. The van der Waals surface area contributed by atoms with Crippen LogP contribution in [0, 0.1) is 35.7 Å². The van der Waals surface area contributed by atoms with Crippen molar-refractivity contribution in [1.29, 1.82) is 5.26 Å². The minimum atomic E-state index is -0.509. The monoisotopic (exact) mass is 549 g/mol. The number of anilines is 1. The van der Waals surface area contributed by atoms with Gasteiger partial charge in [0.25, 0.3) is 5.91 Å². The van der Waals surface area contributed by atoms with Gasteiger partial charge in [-0.1, -0.05) is 23.2 Å². The van der Waals surface area contributed by atoms with Crippen LogP contribution < -0.4 is 5.32 Å². The van der Waals surface area contributed by atoms with Gasteiger partial charge in [0, 0.05) is 26.3 Å². The van der Waals surface area contributed by atoms with E-state index < -0.39 is 5.91 Å². The maximum absolute atomic E-state index is 12.6. The number of rotatable bonds is 4. The summed E-state index contributed by atoms with van der Waals surface area (Å²) in [6.07, 6.45) is 1.60. The number of aromatic nitrogens is 1. The zero-order valence-electron chi connectivity index (χ0n) is 16.6. The molecule has 3 aromatic rings. The lowest BCUT2D eigenvalue weighted by Gasteiger charge is -2.11. The van der Waals surface area contributed by atoms with Crippen LogP contribution in [-0.4, -0.2) is 10.5 Å². The highest BCUT2D eigenvalue weighted by Gasteiger charge is 2.15. The van der Waals surface area contributed by atoms with Gasteiger partial charge in [-0.25, -0.2) is 0 Å². The summed E-state index contributed by atoms with van der Waals surface area (Å²) in [6, 6.07) is 15.0. The third kappa shape index (κ3) is 4.72. The first kappa shape index (κ1) is 22.4. The molecule has 7 heteroatoms. The summed E-state index contributed by atoms with van der Waals surface area (Å²) < 4.78 is 3.31. The highest BCUT2D eigenvalue weighted by atomic mass is 127. The van der Waals surface area contributed by atoms with E-state index in [1.807, 2.05) is 26.0 Å². The SMILES string of the molecule is Cc1cc(-n2c(C)cc(/C=C(/C#N)C(=O)Nc3ccc(Cl)c(Cl)c3)c2C)ccc1I. The Kier molecular flexibility index (Phi) is 6.91. The second-order valence-corrected chi connectivity index (χ2v) is 8.82. The van der Waals surface area contributed by atoms with Gasteiger partial charge < -0.3 is 9.88 Å². The molecule has 0 aliphatic rings. The standard InChI is InChI=1S/C23H18Cl2IN3O/c1-13-8-19(5-7-22(13)26)29-14(2)9-16(15(29)3)10-17(12-27)23(30)28-18-4-6-20(24)21(25)11-18/h4-11H,1-3H3,(H,28,30)/b17-10-. The number of aryl methyl sites for hydroxylation is 2. The van der Waals surface area contributed by atoms with Gasteiger partial charge in [0.15, 0.2) is 0 Å². The second-order valence-electron chi connectivity index (χ2n) is 6.85. The maximum Gasteiger partial charge on any atom is 0.266 e. The molecule has 0 bridgehead atoms. The average Bonchev–Trinajstić information content (AvgIpc) is 2.98. The summed E-state index contributed by atoms with van der Waals surface area (Å²) in [6.45, 7) is 6.04. The Morgan fingerprint density at radius 1 is 1.10 bits per heavy atom. The van der Waals surface area contributed by atoms with E-state index >= 15 is 0 Å². The highest BCUT2D eigenvalue weighted by molar-refractivity contribution is 14.1. The van der Waals surface area contributed by atoms with E-state index in [0.717, 1.165) is 22.6 Å². The summed E-state index contributed by atoms with van der Waals surface area (Å²) in [5, 5.41) is 13.0. The molecule has 0 atom stereocenters. The summed E-state index contributed by atoms with van der Waals surface area (Å²) in [5.74, 6) is -0.509. The van der Waals surface area contributed by atoms with Gasteiger partial charge in [0.2, 0.25) is 0 Å². The van der Waals surface area contributed by atoms with Crippen LogP contribution in [-0.2, 0) is 4.79 Å². The summed E-state index contributed by atoms with van der Waals surface area (Å²) >= 11 is 14.2. The normalized spacial score (nSPS) is 11.3. The van der Waals surface area contributed by atoms with E-state index in [1.165, 1.54) is 9.13 Å². The van der Waals surface area contributed by atoms with Gasteiger partial charge in [-0.15, -0.1) is 0 Å². The van der Waals surface area contributed by atoms with Crippen LogP contribution in [0.3, 0.4) is 0 Å². The fourth-order valence-corrected chi connectivity index (χ4v) is 3.81. The third-order valence-corrected chi connectivity index (χ3v) is 6.66. The van der Waals surface area contributed by atoms with Crippen LogP contribution in [0.1, 0.15) is 22.5 Å². The van der Waals surface area contributed by atoms with E-state index in [-0.39, 0.29) is 5.57 Å². The molecule has 3 rings (SSSR count). The Labute approximate surface area is 199 Å². The number of nitrogens with zero attached hydrogens (tertiary/aromatic N) is 2. The first-order chi connectivity index (χ1) is 14.2. The van der Waals surface area contributed by atoms with Crippen LogP contribution in [0.2, 0.25) is 10.0 Å². The molecule has 1 heterocycles. The number of nitrogens with one attached hydrogen (secondary N) is 1. The Morgan fingerprint density at radius 2 is 1.83 bits per heavy atom. The van der Waals surface area contributed by atoms with Gasteiger partial charge in [0.05, 0.1) is 10.0 Å². The molecular formula is C23H18Cl2IN3O. The van der Waals surface area contributed by atoms with Crippen molar-refractivity contribution in [3.63, 3.8) is 0 Å². The molecule has 0 aliphatic heterocycles. The molecule has 0 saturated carbocycles.